The van der Waals surface area contributed by atoms with Gasteiger partial charge in [-0.2, -0.15) is 0 Å². The summed E-state index contributed by atoms with van der Waals surface area (Å²) in [6.45, 7) is 5.76. The zero-order valence-electron chi connectivity index (χ0n) is 17.4. The summed E-state index contributed by atoms with van der Waals surface area (Å²) < 4.78 is 1.92. The molecule has 2 atom stereocenters. The van der Waals surface area contributed by atoms with Crippen molar-refractivity contribution in [2.75, 3.05) is 18.5 Å². The summed E-state index contributed by atoms with van der Waals surface area (Å²) >= 11 is 1.50. The minimum atomic E-state index is -0.300. The molecule has 2 aromatic carbocycles. The van der Waals surface area contributed by atoms with Gasteiger partial charge < -0.3 is 10.3 Å². The lowest BCUT2D eigenvalue weighted by Gasteiger charge is -2.36. The largest absolute Gasteiger partial charge is 0.342 e. The molecule has 156 valence electrons. The van der Waals surface area contributed by atoms with Gasteiger partial charge in [0.1, 0.15) is 5.25 Å². The third kappa shape index (κ3) is 4.07. The summed E-state index contributed by atoms with van der Waals surface area (Å²) in [5.41, 5.74) is 5.62. The van der Waals surface area contributed by atoms with Crippen LogP contribution in [-0.4, -0.2) is 44.0 Å². The van der Waals surface area contributed by atoms with Gasteiger partial charge in [0.15, 0.2) is 5.82 Å². The lowest BCUT2D eigenvalue weighted by atomic mass is 10.0. The fourth-order valence-corrected chi connectivity index (χ4v) is 4.94. The highest BCUT2D eigenvalue weighted by molar-refractivity contribution is 8.00. The number of hydrogen-bond donors (Lipinski definition) is 1. The number of nitrogens with one attached hydrogen (secondary N) is 1. The van der Waals surface area contributed by atoms with Gasteiger partial charge in [0.25, 0.3) is 0 Å². The van der Waals surface area contributed by atoms with Gasteiger partial charge in [-0.15, -0.1) is 10.2 Å². The van der Waals surface area contributed by atoms with Crippen molar-refractivity contribution in [1.29, 1.82) is 0 Å². The lowest BCUT2D eigenvalue weighted by molar-refractivity contribution is -0.131. The highest BCUT2D eigenvalue weighted by Gasteiger charge is 2.39. The molecule has 0 saturated carbocycles. The van der Waals surface area contributed by atoms with Crippen molar-refractivity contribution < 1.29 is 4.79 Å². The Balaban J connectivity index is 1.72. The summed E-state index contributed by atoms with van der Waals surface area (Å²) in [5.74, 6) is 0.907. The van der Waals surface area contributed by atoms with Gasteiger partial charge in [-0.1, -0.05) is 86.3 Å². The number of thioether (sulfide) groups is 1. The quantitative estimate of drug-likeness (QED) is 0.614. The second kappa shape index (κ2) is 9.34. The van der Waals surface area contributed by atoms with Crippen molar-refractivity contribution in [3.8, 4) is 11.4 Å². The molecule has 0 unspecified atom stereocenters. The van der Waals surface area contributed by atoms with E-state index in [2.05, 4.69) is 41.6 Å². The Morgan fingerprint density at radius 3 is 2.27 bits per heavy atom. The molecule has 1 aromatic heterocycles. The maximum atomic E-state index is 13.6. The van der Waals surface area contributed by atoms with Crippen LogP contribution < -0.4 is 5.43 Å². The van der Waals surface area contributed by atoms with Crippen LogP contribution in [0.5, 0.6) is 0 Å². The highest BCUT2D eigenvalue weighted by atomic mass is 32.2. The van der Waals surface area contributed by atoms with Crippen LogP contribution in [-0.2, 0) is 4.79 Å². The fraction of sp³-hybridized carbons (Fsp3) is 0.348. The number of carbonyl (C=O) groups excluding carboxylic acids is 1. The Hall–Kier alpha value is -2.80. The summed E-state index contributed by atoms with van der Waals surface area (Å²) in [6.07, 6.45) is 1.89. The molecule has 0 saturated heterocycles. The van der Waals surface area contributed by atoms with Crippen molar-refractivity contribution in [1.82, 2.24) is 19.8 Å². The summed E-state index contributed by atoms with van der Waals surface area (Å²) in [4.78, 5) is 15.5. The van der Waals surface area contributed by atoms with Crippen LogP contribution in [0.15, 0.2) is 65.8 Å². The first-order valence-electron chi connectivity index (χ1n) is 10.5. The topological polar surface area (TPSA) is 63.1 Å². The molecule has 1 N–H and O–H groups in total. The zero-order valence-corrected chi connectivity index (χ0v) is 18.2. The van der Waals surface area contributed by atoms with E-state index in [1.165, 1.54) is 11.8 Å². The Bertz CT molecular complexity index is 970. The molecule has 30 heavy (non-hydrogen) atoms. The molecule has 2 heterocycles. The van der Waals surface area contributed by atoms with E-state index in [1.54, 1.807) is 0 Å². The molecular formula is C23H27N5OS. The predicted octanol–water partition coefficient (Wildman–Crippen LogP) is 4.35. The Morgan fingerprint density at radius 1 is 1.00 bits per heavy atom. The van der Waals surface area contributed by atoms with E-state index in [9.17, 15) is 4.79 Å². The van der Waals surface area contributed by atoms with E-state index >= 15 is 0 Å². The van der Waals surface area contributed by atoms with Crippen LogP contribution in [0.2, 0.25) is 0 Å². The summed E-state index contributed by atoms with van der Waals surface area (Å²) in [5, 5.41) is 9.21. The number of amides is 1. The van der Waals surface area contributed by atoms with Crippen LogP contribution in [0.4, 0.5) is 0 Å². The zero-order chi connectivity index (χ0) is 20.9. The second-order valence-electron chi connectivity index (χ2n) is 7.39. The third-order valence-electron chi connectivity index (χ3n) is 5.17. The van der Waals surface area contributed by atoms with Gasteiger partial charge in [0.2, 0.25) is 11.1 Å². The van der Waals surface area contributed by atoms with Crippen molar-refractivity contribution >= 4 is 17.7 Å². The lowest BCUT2D eigenvalue weighted by Crippen LogP contribution is -2.46. The highest BCUT2D eigenvalue weighted by Crippen LogP contribution is 2.39. The average molecular weight is 422 g/mol. The van der Waals surface area contributed by atoms with Crippen molar-refractivity contribution in [2.24, 2.45) is 0 Å². The molecular weight excluding hydrogens is 394 g/mol. The van der Waals surface area contributed by atoms with Crippen LogP contribution in [0, 0.1) is 0 Å². The van der Waals surface area contributed by atoms with Gasteiger partial charge in [-0.05, 0) is 18.4 Å². The standard InChI is InChI=1S/C23H27N5OS/c1-3-15-27(16-4-2)22(29)20-19(17-11-7-5-8-12-17)26-28-21(24-25-23(28)30-20)18-13-9-6-10-14-18/h5-14,19-20,26H,3-4,15-16H2,1-2H3/t19-,20-/m0/s1. The molecule has 0 aliphatic carbocycles. The minimum Gasteiger partial charge on any atom is -0.342 e. The molecule has 1 amide bonds. The molecule has 0 fully saturated rings. The normalized spacial score (nSPS) is 17.8. The van der Waals surface area contributed by atoms with E-state index < -0.39 is 0 Å². The number of nitrogens with zero attached hydrogens (tertiary/aromatic N) is 4. The smallest absolute Gasteiger partial charge is 0.238 e. The SMILES string of the molecule is CCCN(CCC)C(=O)[C@H]1Sc2nnc(-c3ccccc3)n2N[C@H]1c1ccccc1. The van der Waals surface area contributed by atoms with Gasteiger partial charge in [-0.3, -0.25) is 4.79 Å². The van der Waals surface area contributed by atoms with E-state index in [4.69, 9.17) is 0 Å². The Kier molecular flexibility index (Phi) is 6.38. The van der Waals surface area contributed by atoms with Gasteiger partial charge in [0, 0.05) is 18.7 Å². The molecule has 0 bridgehead atoms. The maximum absolute atomic E-state index is 13.6. The van der Waals surface area contributed by atoms with Crippen LogP contribution >= 0.6 is 11.8 Å². The summed E-state index contributed by atoms with van der Waals surface area (Å²) in [7, 11) is 0. The predicted molar refractivity (Wildman–Crippen MR) is 121 cm³/mol. The first kappa shape index (κ1) is 20.5. The Morgan fingerprint density at radius 2 is 1.63 bits per heavy atom. The number of rotatable bonds is 7. The first-order chi connectivity index (χ1) is 14.7. The molecule has 7 heteroatoms. The summed E-state index contributed by atoms with van der Waals surface area (Å²) in [6, 6.07) is 20.0. The van der Waals surface area contributed by atoms with Crippen LogP contribution in [0.3, 0.4) is 0 Å². The molecule has 0 radical (unpaired) electrons. The van der Waals surface area contributed by atoms with E-state index in [-0.39, 0.29) is 17.2 Å². The first-order valence-corrected chi connectivity index (χ1v) is 11.4. The number of benzene rings is 2. The second-order valence-corrected chi connectivity index (χ2v) is 8.50. The van der Waals surface area contributed by atoms with Crippen molar-refractivity contribution in [3.63, 3.8) is 0 Å². The molecule has 3 aromatic rings. The van der Waals surface area contributed by atoms with Crippen molar-refractivity contribution in [2.45, 2.75) is 43.1 Å². The monoisotopic (exact) mass is 421 g/mol. The molecule has 4 rings (SSSR count). The van der Waals surface area contributed by atoms with Crippen LogP contribution in [0.25, 0.3) is 11.4 Å². The van der Waals surface area contributed by atoms with E-state index in [1.807, 2.05) is 58.1 Å². The third-order valence-corrected chi connectivity index (χ3v) is 6.37. The molecule has 1 aliphatic rings. The van der Waals surface area contributed by atoms with Gasteiger partial charge >= 0.3 is 0 Å². The fourth-order valence-electron chi connectivity index (χ4n) is 3.78. The number of carbonyl (C=O) groups is 1. The number of fused-ring (bicyclic) bond motifs is 1. The van der Waals surface area contributed by atoms with Gasteiger partial charge in [-0.25, -0.2) is 4.68 Å². The van der Waals surface area contributed by atoms with E-state index in [0.717, 1.165) is 42.9 Å². The Labute approximate surface area is 181 Å². The van der Waals surface area contributed by atoms with Crippen LogP contribution in [0.1, 0.15) is 38.3 Å². The maximum Gasteiger partial charge on any atom is 0.238 e. The number of hydrogen-bond acceptors (Lipinski definition) is 5. The molecule has 0 spiro atoms. The minimum absolute atomic E-state index is 0.153. The number of aromatic nitrogens is 3. The van der Waals surface area contributed by atoms with Gasteiger partial charge in [0.05, 0.1) is 6.04 Å². The van der Waals surface area contributed by atoms with E-state index in [0.29, 0.717) is 5.16 Å². The average Bonchev–Trinajstić information content (AvgIpc) is 3.22. The van der Waals surface area contributed by atoms with Crippen molar-refractivity contribution in [3.05, 3.63) is 66.2 Å². The molecule has 6 nitrogen and oxygen atoms in total. The molecule has 1 aliphatic heterocycles.